The number of carbonyl (C=O) groups excluding carboxylic acids is 2. The van der Waals surface area contributed by atoms with Crippen LogP contribution in [0.25, 0.3) is 0 Å². The van der Waals surface area contributed by atoms with Gasteiger partial charge in [-0.2, -0.15) is 5.10 Å². The van der Waals surface area contributed by atoms with Crippen LogP contribution in [0.15, 0.2) is 18.2 Å². The van der Waals surface area contributed by atoms with Gasteiger partial charge in [0.1, 0.15) is 0 Å². The fourth-order valence-electron chi connectivity index (χ4n) is 4.10. The second kappa shape index (κ2) is 8.17. The number of amides is 2. The molecule has 2 N–H and O–H groups in total. The summed E-state index contributed by atoms with van der Waals surface area (Å²) in [5.74, 6) is 0.171. The van der Waals surface area contributed by atoms with Crippen molar-refractivity contribution in [2.45, 2.75) is 59.9 Å². The first-order chi connectivity index (χ1) is 13.3. The number of aryl methyl sites for hydroxylation is 1. The van der Waals surface area contributed by atoms with Crippen LogP contribution < -0.4 is 10.6 Å². The average molecular weight is 383 g/mol. The van der Waals surface area contributed by atoms with E-state index >= 15 is 0 Å². The van der Waals surface area contributed by atoms with E-state index in [4.69, 9.17) is 5.73 Å². The van der Waals surface area contributed by atoms with E-state index in [-0.39, 0.29) is 5.91 Å². The van der Waals surface area contributed by atoms with Gasteiger partial charge in [-0.15, -0.1) is 0 Å². The van der Waals surface area contributed by atoms with Crippen LogP contribution in [-0.2, 0) is 24.2 Å². The molecule has 2 amide bonds. The van der Waals surface area contributed by atoms with Crippen molar-refractivity contribution in [1.82, 2.24) is 9.78 Å². The molecule has 2 heterocycles. The molecule has 1 aromatic heterocycles. The van der Waals surface area contributed by atoms with Crippen LogP contribution in [-0.4, -0.2) is 28.1 Å². The molecular weight excluding hydrogens is 352 g/mol. The van der Waals surface area contributed by atoms with Gasteiger partial charge in [-0.1, -0.05) is 19.9 Å². The highest BCUT2D eigenvalue weighted by atomic mass is 16.2. The summed E-state index contributed by atoms with van der Waals surface area (Å²) in [4.78, 5) is 26.5. The lowest BCUT2D eigenvalue weighted by Crippen LogP contribution is -2.36. The van der Waals surface area contributed by atoms with E-state index in [1.807, 2.05) is 17.9 Å². The predicted molar refractivity (Wildman–Crippen MR) is 110 cm³/mol. The van der Waals surface area contributed by atoms with E-state index in [0.717, 1.165) is 47.6 Å². The lowest BCUT2D eigenvalue weighted by molar-refractivity contribution is -0.118. The van der Waals surface area contributed by atoms with Gasteiger partial charge < -0.3 is 10.6 Å². The molecule has 2 aromatic rings. The van der Waals surface area contributed by atoms with Gasteiger partial charge in [0.2, 0.25) is 11.8 Å². The summed E-state index contributed by atoms with van der Waals surface area (Å²) in [6.45, 7) is 10.0. The van der Waals surface area contributed by atoms with Crippen LogP contribution in [0.4, 0.5) is 5.69 Å². The van der Waals surface area contributed by atoms with Gasteiger partial charge in [0.25, 0.3) is 0 Å². The first-order valence-electron chi connectivity index (χ1n) is 10.0. The number of rotatable bonds is 6. The monoisotopic (exact) mass is 382 g/mol. The molecule has 150 valence electrons. The van der Waals surface area contributed by atoms with Crippen molar-refractivity contribution >= 4 is 17.5 Å². The fourth-order valence-corrected chi connectivity index (χ4v) is 4.10. The molecule has 3 rings (SSSR count). The van der Waals surface area contributed by atoms with Gasteiger partial charge in [-0.3, -0.25) is 14.3 Å². The number of nitrogens with two attached hydrogens (primary N) is 1. The summed E-state index contributed by atoms with van der Waals surface area (Å²) in [7, 11) is 0. The Morgan fingerprint density at radius 2 is 2.00 bits per heavy atom. The van der Waals surface area contributed by atoms with Crippen molar-refractivity contribution in [2.24, 2.45) is 11.7 Å². The van der Waals surface area contributed by atoms with E-state index in [1.54, 1.807) is 12.1 Å². The molecule has 0 radical (unpaired) electrons. The molecule has 0 aliphatic carbocycles. The van der Waals surface area contributed by atoms with Crippen molar-refractivity contribution in [3.63, 3.8) is 0 Å². The molecule has 1 aliphatic rings. The molecule has 6 heteroatoms. The third-order valence-corrected chi connectivity index (χ3v) is 5.48. The summed E-state index contributed by atoms with van der Waals surface area (Å²) in [5.41, 5.74) is 11.1. The van der Waals surface area contributed by atoms with Gasteiger partial charge in [0.15, 0.2) is 0 Å². The highest BCUT2D eigenvalue weighted by Crippen LogP contribution is 2.30. The summed E-state index contributed by atoms with van der Waals surface area (Å²) in [6.07, 6.45) is 2.72. The molecule has 0 saturated carbocycles. The van der Waals surface area contributed by atoms with Gasteiger partial charge in [0, 0.05) is 36.5 Å². The second-order valence-corrected chi connectivity index (χ2v) is 8.04. The molecule has 0 fully saturated rings. The lowest BCUT2D eigenvalue weighted by atomic mass is 9.95. The number of fused-ring (bicyclic) bond motifs is 1. The van der Waals surface area contributed by atoms with E-state index < -0.39 is 5.91 Å². The molecule has 0 bridgehead atoms. The first kappa shape index (κ1) is 20.1. The Bertz CT molecular complexity index is 898. The van der Waals surface area contributed by atoms with Crippen molar-refractivity contribution in [1.29, 1.82) is 0 Å². The second-order valence-electron chi connectivity index (χ2n) is 8.04. The number of aromatic nitrogens is 2. The highest BCUT2D eigenvalue weighted by molar-refractivity contribution is 6.00. The zero-order valence-corrected chi connectivity index (χ0v) is 17.3. The Balaban J connectivity index is 1.77. The molecule has 0 unspecified atom stereocenters. The predicted octanol–water partition coefficient (Wildman–Crippen LogP) is 3.17. The molecule has 28 heavy (non-hydrogen) atoms. The maximum atomic E-state index is 13.0. The Morgan fingerprint density at radius 3 is 2.68 bits per heavy atom. The molecular formula is C22H30N4O2. The molecule has 6 nitrogen and oxygen atoms in total. The summed E-state index contributed by atoms with van der Waals surface area (Å²) >= 11 is 0. The third kappa shape index (κ3) is 3.96. The minimum absolute atomic E-state index is 0.0815. The largest absolute Gasteiger partial charge is 0.366 e. The molecule has 0 atom stereocenters. The Kier molecular flexibility index (Phi) is 5.87. The average Bonchev–Trinajstić information content (AvgIpc) is 2.91. The maximum absolute atomic E-state index is 13.0. The van der Waals surface area contributed by atoms with Crippen LogP contribution in [0.5, 0.6) is 0 Å². The van der Waals surface area contributed by atoms with Gasteiger partial charge in [-0.25, -0.2) is 0 Å². The number of primary amides is 1. The minimum atomic E-state index is -0.435. The zero-order valence-electron chi connectivity index (χ0n) is 17.3. The van der Waals surface area contributed by atoms with Crippen LogP contribution in [0.2, 0.25) is 0 Å². The highest BCUT2D eigenvalue weighted by Gasteiger charge is 2.25. The SMILES string of the molecule is Cc1nn(CC(C)C)c(C)c1CCC(=O)N1CCCc2c(C(N)=O)cccc21. The minimum Gasteiger partial charge on any atom is -0.366 e. The van der Waals surface area contributed by atoms with Crippen molar-refractivity contribution in [2.75, 3.05) is 11.4 Å². The standard InChI is InChI=1S/C22H30N4O2/c1-14(2)13-26-16(4)17(15(3)24-26)10-11-21(27)25-12-6-8-18-19(22(23)28)7-5-9-20(18)25/h5,7,9,14H,6,8,10-13H2,1-4H3,(H2,23,28). The summed E-state index contributed by atoms with van der Waals surface area (Å²) in [6, 6.07) is 5.45. The zero-order chi connectivity index (χ0) is 20.4. The lowest BCUT2D eigenvalue weighted by Gasteiger charge is -2.30. The smallest absolute Gasteiger partial charge is 0.249 e. The molecule has 0 saturated heterocycles. The van der Waals surface area contributed by atoms with Crippen LogP contribution in [0.1, 0.15) is 59.6 Å². The number of carbonyl (C=O) groups is 2. The Hall–Kier alpha value is -2.63. The molecule has 1 aliphatic heterocycles. The summed E-state index contributed by atoms with van der Waals surface area (Å²) < 4.78 is 2.05. The van der Waals surface area contributed by atoms with E-state index in [0.29, 0.717) is 30.9 Å². The van der Waals surface area contributed by atoms with Gasteiger partial charge in [-0.05, 0) is 62.3 Å². The number of hydrogen-bond donors (Lipinski definition) is 1. The van der Waals surface area contributed by atoms with Crippen molar-refractivity contribution in [3.8, 4) is 0 Å². The van der Waals surface area contributed by atoms with Crippen molar-refractivity contribution in [3.05, 3.63) is 46.3 Å². The van der Waals surface area contributed by atoms with Gasteiger partial charge in [0.05, 0.1) is 5.69 Å². The number of hydrogen-bond acceptors (Lipinski definition) is 3. The normalized spacial score (nSPS) is 13.7. The van der Waals surface area contributed by atoms with E-state index in [2.05, 4.69) is 30.6 Å². The van der Waals surface area contributed by atoms with E-state index in [9.17, 15) is 9.59 Å². The first-order valence-corrected chi connectivity index (χ1v) is 10.0. The Morgan fingerprint density at radius 1 is 1.25 bits per heavy atom. The number of anilines is 1. The van der Waals surface area contributed by atoms with E-state index in [1.165, 1.54) is 0 Å². The molecule has 1 aromatic carbocycles. The number of nitrogens with zero attached hydrogens (tertiary/aromatic N) is 3. The third-order valence-electron chi connectivity index (χ3n) is 5.48. The Labute approximate surface area is 166 Å². The summed E-state index contributed by atoms with van der Waals surface area (Å²) in [5, 5.41) is 4.65. The van der Waals surface area contributed by atoms with Crippen LogP contribution in [0.3, 0.4) is 0 Å². The fraction of sp³-hybridized carbons (Fsp3) is 0.500. The number of benzene rings is 1. The van der Waals surface area contributed by atoms with Crippen LogP contribution >= 0.6 is 0 Å². The quantitative estimate of drug-likeness (QED) is 0.833. The topological polar surface area (TPSA) is 81.2 Å². The van der Waals surface area contributed by atoms with Crippen LogP contribution in [0, 0.1) is 19.8 Å². The maximum Gasteiger partial charge on any atom is 0.249 e. The van der Waals surface area contributed by atoms with Crippen molar-refractivity contribution < 1.29 is 9.59 Å². The molecule has 0 spiro atoms. The van der Waals surface area contributed by atoms with Gasteiger partial charge >= 0.3 is 0 Å².